The predicted molar refractivity (Wildman–Crippen MR) is 122 cm³/mol. The monoisotopic (exact) mass is 429 g/mol. The van der Waals surface area contributed by atoms with Crippen LogP contribution in [0.1, 0.15) is 30.5 Å². The van der Waals surface area contributed by atoms with E-state index in [1.165, 1.54) is 24.1 Å². The lowest BCUT2D eigenvalue weighted by molar-refractivity contribution is -0.126. The molecule has 1 aliphatic carbocycles. The fraction of sp³-hybridized carbons (Fsp3) is 0.360. The number of pyridine rings is 1. The Kier molecular flexibility index (Phi) is 5.71. The van der Waals surface area contributed by atoms with Crippen LogP contribution >= 0.6 is 0 Å². The van der Waals surface area contributed by atoms with Crippen LogP contribution in [0.25, 0.3) is 11.3 Å². The normalized spacial score (nSPS) is 17.9. The third-order valence-corrected chi connectivity index (χ3v) is 6.40. The number of para-hydroxylation sites is 1. The first-order valence-electron chi connectivity index (χ1n) is 11.3. The third-order valence-electron chi connectivity index (χ3n) is 6.40. The van der Waals surface area contributed by atoms with E-state index in [-0.39, 0.29) is 24.2 Å². The Bertz CT molecular complexity index is 1110. The van der Waals surface area contributed by atoms with E-state index in [0.717, 1.165) is 29.8 Å². The van der Waals surface area contributed by atoms with Gasteiger partial charge in [-0.05, 0) is 49.9 Å². The minimum Gasteiger partial charge on any atom is -0.354 e. The quantitative estimate of drug-likeness (QED) is 0.653. The van der Waals surface area contributed by atoms with Crippen LogP contribution in [0.2, 0.25) is 0 Å². The van der Waals surface area contributed by atoms with Gasteiger partial charge in [0.1, 0.15) is 0 Å². The molecule has 1 N–H and O–H groups in total. The number of hydrogen-bond donors (Lipinski definition) is 1. The highest BCUT2D eigenvalue weighted by atomic mass is 16.2. The van der Waals surface area contributed by atoms with Gasteiger partial charge in [0.2, 0.25) is 11.8 Å². The molecule has 1 aliphatic heterocycles. The van der Waals surface area contributed by atoms with Crippen molar-refractivity contribution < 1.29 is 9.59 Å². The maximum Gasteiger partial charge on any atom is 0.227 e. The summed E-state index contributed by atoms with van der Waals surface area (Å²) < 4.78 is 2.06. The zero-order chi connectivity index (χ0) is 21.9. The standard InChI is InChI=1S/C25H27N5O2/c31-23-16-19(17-29(23)20-6-2-1-3-7-20)25(32)27-14-15-30-22-9-5-4-8-21(22)24(28-30)18-10-12-26-13-11-18/h1-3,6-7,10-13,19H,4-5,8-9,14-17H2,(H,27,32). The zero-order valence-corrected chi connectivity index (χ0v) is 18.0. The average Bonchev–Trinajstić information content (AvgIpc) is 3.41. The summed E-state index contributed by atoms with van der Waals surface area (Å²) in [5, 5.41) is 7.93. The van der Waals surface area contributed by atoms with Crippen LogP contribution in [-0.4, -0.2) is 39.7 Å². The number of carbonyl (C=O) groups excluding carboxylic acids is 2. The highest BCUT2D eigenvalue weighted by Gasteiger charge is 2.35. The molecule has 2 aliphatic rings. The van der Waals surface area contributed by atoms with Crippen molar-refractivity contribution in [1.82, 2.24) is 20.1 Å². The Morgan fingerprint density at radius 3 is 2.66 bits per heavy atom. The van der Waals surface area contributed by atoms with Gasteiger partial charge in [0.15, 0.2) is 0 Å². The summed E-state index contributed by atoms with van der Waals surface area (Å²) in [6.45, 7) is 1.55. The van der Waals surface area contributed by atoms with Crippen LogP contribution in [0.3, 0.4) is 0 Å². The van der Waals surface area contributed by atoms with E-state index in [0.29, 0.717) is 19.6 Å². The Hall–Kier alpha value is -3.48. The van der Waals surface area contributed by atoms with Gasteiger partial charge in [-0.1, -0.05) is 18.2 Å². The van der Waals surface area contributed by atoms with Crippen molar-refractivity contribution in [3.8, 4) is 11.3 Å². The van der Waals surface area contributed by atoms with Crippen LogP contribution < -0.4 is 10.2 Å². The van der Waals surface area contributed by atoms with E-state index in [4.69, 9.17) is 5.10 Å². The van der Waals surface area contributed by atoms with Crippen molar-refractivity contribution >= 4 is 17.5 Å². The number of rotatable bonds is 6. The van der Waals surface area contributed by atoms with Crippen molar-refractivity contribution in [2.24, 2.45) is 5.92 Å². The molecule has 164 valence electrons. The largest absolute Gasteiger partial charge is 0.354 e. The van der Waals surface area contributed by atoms with Crippen LogP contribution in [0, 0.1) is 5.92 Å². The second-order valence-corrected chi connectivity index (χ2v) is 8.47. The number of hydrogen-bond acceptors (Lipinski definition) is 4. The van der Waals surface area contributed by atoms with Gasteiger partial charge in [0, 0.05) is 54.4 Å². The first-order chi connectivity index (χ1) is 15.7. The molecule has 1 unspecified atom stereocenters. The Morgan fingerprint density at radius 1 is 1.06 bits per heavy atom. The third kappa shape index (κ3) is 4.02. The average molecular weight is 430 g/mol. The Morgan fingerprint density at radius 2 is 1.84 bits per heavy atom. The molecule has 7 heteroatoms. The first kappa shape index (κ1) is 20.4. The molecule has 1 fully saturated rings. The smallest absolute Gasteiger partial charge is 0.227 e. The second kappa shape index (κ2) is 8.94. The first-order valence-corrected chi connectivity index (χ1v) is 11.3. The van der Waals surface area contributed by atoms with Crippen LogP contribution in [-0.2, 0) is 29.0 Å². The molecule has 1 aromatic carbocycles. The lowest BCUT2D eigenvalue weighted by Gasteiger charge is -2.17. The molecule has 3 heterocycles. The number of fused-ring (bicyclic) bond motifs is 1. The minimum atomic E-state index is -0.318. The maximum atomic E-state index is 12.7. The zero-order valence-electron chi connectivity index (χ0n) is 18.0. The highest BCUT2D eigenvalue weighted by Crippen LogP contribution is 2.31. The predicted octanol–water partition coefficient (Wildman–Crippen LogP) is 2.99. The van der Waals surface area contributed by atoms with Crippen LogP contribution in [0.5, 0.6) is 0 Å². The molecule has 2 amide bonds. The number of carbonyl (C=O) groups is 2. The topological polar surface area (TPSA) is 80.1 Å². The summed E-state index contributed by atoms with van der Waals surface area (Å²) in [5.74, 6) is -0.381. The highest BCUT2D eigenvalue weighted by molar-refractivity contribution is 6.00. The minimum absolute atomic E-state index is 0.000474. The van der Waals surface area contributed by atoms with Gasteiger partial charge in [-0.2, -0.15) is 5.10 Å². The number of nitrogens with one attached hydrogen (secondary N) is 1. The van der Waals surface area contributed by atoms with Crippen molar-refractivity contribution in [3.63, 3.8) is 0 Å². The second-order valence-electron chi connectivity index (χ2n) is 8.47. The van der Waals surface area contributed by atoms with E-state index in [9.17, 15) is 9.59 Å². The van der Waals surface area contributed by atoms with E-state index in [2.05, 4.69) is 15.0 Å². The van der Waals surface area contributed by atoms with E-state index in [1.54, 1.807) is 17.3 Å². The molecule has 7 nitrogen and oxygen atoms in total. The summed E-state index contributed by atoms with van der Waals surface area (Å²) >= 11 is 0. The van der Waals surface area contributed by atoms with E-state index < -0.39 is 0 Å². The molecule has 5 rings (SSSR count). The van der Waals surface area contributed by atoms with Crippen molar-refractivity contribution in [2.45, 2.75) is 38.6 Å². The molecule has 1 atom stereocenters. The summed E-state index contributed by atoms with van der Waals surface area (Å²) in [4.78, 5) is 31.0. The van der Waals surface area contributed by atoms with Crippen molar-refractivity contribution in [3.05, 3.63) is 66.1 Å². The van der Waals surface area contributed by atoms with E-state index >= 15 is 0 Å². The summed E-state index contributed by atoms with van der Waals surface area (Å²) in [6, 6.07) is 13.5. The van der Waals surface area contributed by atoms with Crippen molar-refractivity contribution in [1.29, 1.82) is 0 Å². The number of amides is 2. The van der Waals surface area contributed by atoms with Crippen LogP contribution in [0.4, 0.5) is 5.69 Å². The van der Waals surface area contributed by atoms with Gasteiger partial charge in [0.25, 0.3) is 0 Å². The fourth-order valence-electron chi connectivity index (χ4n) is 4.77. The number of nitrogens with zero attached hydrogens (tertiary/aromatic N) is 4. The molecule has 32 heavy (non-hydrogen) atoms. The van der Waals surface area contributed by atoms with Crippen molar-refractivity contribution in [2.75, 3.05) is 18.0 Å². The Balaban J connectivity index is 1.23. The molecule has 2 aromatic heterocycles. The van der Waals surface area contributed by atoms with Gasteiger partial charge in [-0.3, -0.25) is 19.3 Å². The lowest BCUT2D eigenvalue weighted by atomic mass is 9.94. The number of aromatic nitrogens is 3. The van der Waals surface area contributed by atoms with E-state index in [1.807, 2.05) is 42.5 Å². The Labute approximate surface area is 187 Å². The van der Waals surface area contributed by atoms with Gasteiger partial charge in [-0.25, -0.2) is 0 Å². The van der Waals surface area contributed by atoms with Gasteiger partial charge in [0.05, 0.1) is 18.2 Å². The molecule has 0 radical (unpaired) electrons. The molecule has 0 spiro atoms. The SMILES string of the molecule is O=C(NCCn1nc(-c2ccncc2)c2c1CCCC2)C1CC(=O)N(c2ccccc2)C1. The maximum absolute atomic E-state index is 12.7. The molecule has 1 saturated heterocycles. The fourth-order valence-corrected chi connectivity index (χ4v) is 4.77. The summed E-state index contributed by atoms with van der Waals surface area (Å²) in [6.07, 6.45) is 8.26. The number of anilines is 1. The summed E-state index contributed by atoms with van der Waals surface area (Å²) in [7, 11) is 0. The van der Waals surface area contributed by atoms with Gasteiger partial charge < -0.3 is 10.2 Å². The molecular formula is C25H27N5O2. The molecule has 0 saturated carbocycles. The molecular weight excluding hydrogens is 402 g/mol. The van der Waals surface area contributed by atoms with Gasteiger partial charge in [-0.15, -0.1) is 0 Å². The molecule has 3 aromatic rings. The number of benzene rings is 1. The van der Waals surface area contributed by atoms with Crippen LogP contribution in [0.15, 0.2) is 54.9 Å². The molecule has 0 bridgehead atoms. The van der Waals surface area contributed by atoms with Gasteiger partial charge >= 0.3 is 0 Å². The summed E-state index contributed by atoms with van der Waals surface area (Å²) in [5.41, 5.74) is 5.58. The lowest BCUT2D eigenvalue weighted by Crippen LogP contribution is -2.35.